The molecule has 1 saturated carbocycles. The van der Waals surface area contributed by atoms with E-state index in [4.69, 9.17) is 10.5 Å². The normalized spacial score (nSPS) is 23.5. The van der Waals surface area contributed by atoms with E-state index in [1.165, 1.54) is 4.90 Å². The first kappa shape index (κ1) is 15.1. The molecule has 0 radical (unpaired) electrons. The molecule has 0 bridgehead atoms. The minimum atomic E-state index is -0.839. The molecular formula is C17H18N4O2S. The van der Waals surface area contributed by atoms with E-state index in [2.05, 4.69) is 9.98 Å². The third-order valence-corrected chi connectivity index (χ3v) is 5.75. The number of pyridine rings is 1. The van der Waals surface area contributed by atoms with Crippen molar-refractivity contribution in [1.29, 1.82) is 0 Å². The summed E-state index contributed by atoms with van der Waals surface area (Å²) in [5.74, 6) is 1.21. The van der Waals surface area contributed by atoms with Crippen LogP contribution in [-0.2, 0) is 10.3 Å². The van der Waals surface area contributed by atoms with Crippen LogP contribution >= 0.6 is 11.3 Å². The molecule has 0 aromatic carbocycles. The summed E-state index contributed by atoms with van der Waals surface area (Å²) in [7, 11) is 3.30. The smallest absolute Gasteiger partial charge is 0.262 e. The summed E-state index contributed by atoms with van der Waals surface area (Å²) in [4.78, 5) is 24.1. The lowest BCUT2D eigenvalue weighted by atomic mass is 9.90. The van der Waals surface area contributed by atoms with Gasteiger partial charge in [-0.25, -0.2) is 4.99 Å². The highest BCUT2D eigenvalue weighted by Crippen LogP contribution is 2.53. The number of rotatable bonds is 4. The molecule has 3 heterocycles. The fourth-order valence-corrected chi connectivity index (χ4v) is 4.30. The lowest BCUT2D eigenvalue weighted by Gasteiger charge is -2.23. The summed E-state index contributed by atoms with van der Waals surface area (Å²) in [5.41, 5.74) is 7.07. The van der Waals surface area contributed by atoms with Crippen molar-refractivity contribution in [2.45, 2.75) is 18.4 Å². The van der Waals surface area contributed by atoms with E-state index in [9.17, 15) is 4.79 Å². The Kier molecular flexibility index (Phi) is 3.35. The van der Waals surface area contributed by atoms with Crippen LogP contribution in [0.5, 0.6) is 5.75 Å². The minimum absolute atomic E-state index is 0.0281. The van der Waals surface area contributed by atoms with Crippen molar-refractivity contribution in [2.75, 3.05) is 14.2 Å². The molecule has 6 nitrogen and oxygen atoms in total. The van der Waals surface area contributed by atoms with Gasteiger partial charge in [0.1, 0.15) is 5.75 Å². The van der Waals surface area contributed by atoms with Gasteiger partial charge in [-0.15, -0.1) is 11.3 Å². The Morgan fingerprint density at radius 2 is 2.12 bits per heavy atom. The monoisotopic (exact) mass is 342 g/mol. The molecule has 0 saturated heterocycles. The van der Waals surface area contributed by atoms with E-state index in [1.54, 1.807) is 37.9 Å². The molecule has 24 heavy (non-hydrogen) atoms. The van der Waals surface area contributed by atoms with E-state index in [0.717, 1.165) is 28.8 Å². The van der Waals surface area contributed by atoms with Crippen LogP contribution in [0, 0.1) is 5.92 Å². The lowest BCUT2D eigenvalue weighted by molar-refractivity contribution is -0.131. The second kappa shape index (κ2) is 5.31. The molecule has 1 unspecified atom stereocenters. The van der Waals surface area contributed by atoms with E-state index >= 15 is 0 Å². The Morgan fingerprint density at radius 3 is 2.75 bits per heavy atom. The number of amides is 1. The van der Waals surface area contributed by atoms with Crippen LogP contribution in [0.15, 0.2) is 34.9 Å². The van der Waals surface area contributed by atoms with Gasteiger partial charge >= 0.3 is 0 Å². The molecule has 1 aliphatic carbocycles. The zero-order chi connectivity index (χ0) is 16.9. The largest absolute Gasteiger partial charge is 0.495 e. The van der Waals surface area contributed by atoms with Gasteiger partial charge in [-0.3, -0.25) is 14.7 Å². The number of likely N-dealkylation sites (N-methyl/N-ethyl adjacent to an activating group) is 1. The van der Waals surface area contributed by atoms with Crippen molar-refractivity contribution in [2.24, 2.45) is 16.6 Å². The predicted molar refractivity (Wildman–Crippen MR) is 92.9 cm³/mol. The van der Waals surface area contributed by atoms with E-state index in [-0.39, 0.29) is 11.8 Å². The maximum absolute atomic E-state index is 12.9. The fourth-order valence-electron chi connectivity index (χ4n) is 3.17. The van der Waals surface area contributed by atoms with Gasteiger partial charge in [0.25, 0.3) is 5.91 Å². The molecule has 2 aliphatic rings. The first-order chi connectivity index (χ1) is 11.6. The van der Waals surface area contributed by atoms with Gasteiger partial charge in [0, 0.05) is 23.7 Å². The number of methoxy groups -OCH3 is 1. The second-order valence-electron chi connectivity index (χ2n) is 6.19. The number of ether oxygens (including phenoxy) is 1. The van der Waals surface area contributed by atoms with Crippen molar-refractivity contribution in [3.63, 3.8) is 0 Å². The molecule has 0 spiro atoms. The zero-order valence-corrected chi connectivity index (χ0v) is 14.3. The number of thiophene rings is 1. The van der Waals surface area contributed by atoms with Gasteiger partial charge in [-0.2, -0.15) is 0 Å². The maximum Gasteiger partial charge on any atom is 0.262 e. The highest BCUT2D eigenvalue weighted by Gasteiger charge is 2.58. The van der Waals surface area contributed by atoms with Crippen LogP contribution in [0.3, 0.4) is 0 Å². The Balaban J connectivity index is 1.77. The average Bonchev–Trinajstić information content (AvgIpc) is 3.29. The maximum atomic E-state index is 12.9. The summed E-state index contributed by atoms with van der Waals surface area (Å²) in [6, 6.07) is 3.97. The van der Waals surface area contributed by atoms with Gasteiger partial charge in [0.05, 0.1) is 13.3 Å². The quantitative estimate of drug-likeness (QED) is 0.924. The standard InChI is InChI=1S/C17H18N4O2S/c1-21-15(22)17(12-3-4-12,20-16(21)18)14-6-11(9-24-14)10-5-13(23-2)8-19-7-10/h5-9,12H,3-4H2,1-2H3,(H2,18,20). The minimum Gasteiger partial charge on any atom is -0.495 e. The van der Waals surface area contributed by atoms with E-state index in [1.807, 2.05) is 17.5 Å². The summed E-state index contributed by atoms with van der Waals surface area (Å²) in [6.45, 7) is 0. The van der Waals surface area contributed by atoms with E-state index < -0.39 is 5.54 Å². The van der Waals surface area contributed by atoms with Gasteiger partial charge < -0.3 is 10.5 Å². The molecule has 1 atom stereocenters. The molecule has 1 aliphatic heterocycles. The van der Waals surface area contributed by atoms with Crippen molar-refractivity contribution in [3.8, 4) is 16.9 Å². The van der Waals surface area contributed by atoms with Gasteiger partial charge in [-0.05, 0) is 41.8 Å². The number of hydrogen-bond donors (Lipinski definition) is 1. The number of aromatic nitrogens is 1. The topological polar surface area (TPSA) is 80.8 Å². The summed E-state index contributed by atoms with van der Waals surface area (Å²) >= 11 is 1.55. The first-order valence-electron chi connectivity index (χ1n) is 7.78. The van der Waals surface area contributed by atoms with Crippen LogP contribution < -0.4 is 10.5 Å². The number of aliphatic imine (C=N–C) groups is 1. The number of nitrogens with two attached hydrogens (primary N) is 1. The number of nitrogens with zero attached hydrogens (tertiary/aromatic N) is 3. The SMILES string of the molecule is COc1cncc(-c2csc(C3(C4CC4)N=C(N)N(C)C3=O)c2)c1. The molecule has 1 fully saturated rings. The Bertz CT molecular complexity index is 843. The number of carbonyl (C=O) groups is 1. The second-order valence-corrected chi connectivity index (χ2v) is 7.10. The summed E-state index contributed by atoms with van der Waals surface area (Å²) < 4.78 is 5.24. The van der Waals surface area contributed by atoms with Gasteiger partial charge in [0.15, 0.2) is 11.5 Å². The van der Waals surface area contributed by atoms with Crippen molar-refractivity contribution >= 4 is 23.2 Å². The molecule has 7 heteroatoms. The van der Waals surface area contributed by atoms with Crippen molar-refractivity contribution in [3.05, 3.63) is 34.8 Å². The van der Waals surface area contributed by atoms with Crippen LogP contribution in [0.1, 0.15) is 17.7 Å². The van der Waals surface area contributed by atoms with Gasteiger partial charge in [0.2, 0.25) is 0 Å². The van der Waals surface area contributed by atoms with Crippen molar-refractivity contribution < 1.29 is 9.53 Å². The van der Waals surface area contributed by atoms with Crippen LogP contribution in [0.4, 0.5) is 0 Å². The van der Waals surface area contributed by atoms with Crippen molar-refractivity contribution in [1.82, 2.24) is 9.88 Å². The Labute approximate surface area is 144 Å². The third-order valence-electron chi connectivity index (χ3n) is 4.69. The molecule has 4 rings (SSSR count). The van der Waals surface area contributed by atoms with Crippen LogP contribution in [0.2, 0.25) is 0 Å². The Morgan fingerprint density at radius 1 is 1.33 bits per heavy atom. The summed E-state index contributed by atoms with van der Waals surface area (Å²) in [5, 5.41) is 2.03. The van der Waals surface area contributed by atoms with Crippen LogP contribution in [-0.4, -0.2) is 35.9 Å². The predicted octanol–water partition coefficient (Wildman–Crippen LogP) is 2.21. The number of carbonyl (C=O) groups excluding carboxylic acids is 1. The lowest BCUT2D eigenvalue weighted by Crippen LogP contribution is -2.41. The molecule has 2 aromatic heterocycles. The number of guanidine groups is 1. The molecule has 1 amide bonds. The molecule has 2 aromatic rings. The highest BCUT2D eigenvalue weighted by molar-refractivity contribution is 7.10. The number of hydrogen-bond acceptors (Lipinski definition) is 6. The first-order valence-corrected chi connectivity index (χ1v) is 8.66. The van der Waals surface area contributed by atoms with Crippen LogP contribution in [0.25, 0.3) is 11.1 Å². The Hall–Kier alpha value is -2.41. The summed E-state index contributed by atoms with van der Waals surface area (Å²) in [6.07, 6.45) is 5.47. The van der Waals surface area contributed by atoms with E-state index in [0.29, 0.717) is 11.7 Å². The molecule has 124 valence electrons. The average molecular weight is 342 g/mol. The third kappa shape index (κ3) is 2.11. The zero-order valence-electron chi connectivity index (χ0n) is 13.5. The van der Waals surface area contributed by atoms with Gasteiger partial charge in [-0.1, -0.05) is 0 Å². The fraction of sp³-hybridized carbons (Fsp3) is 0.353. The highest BCUT2D eigenvalue weighted by atomic mass is 32.1. The molecular weight excluding hydrogens is 324 g/mol. The molecule has 2 N–H and O–H groups in total.